The van der Waals surface area contributed by atoms with Crippen LogP contribution in [0.5, 0.6) is 17.2 Å². The fourth-order valence-corrected chi connectivity index (χ4v) is 5.70. The second kappa shape index (κ2) is 9.34. The summed E-state index contributed by atoms with van der Waals surface area (Å²) in [7, 11) is 1.38. The van der Waals surface area contributed by atoms with E-state index in [9.17, 15) is 29.7 Å². The number of phenols is 2. The lowest BCUT2D eigenvalue weighted by atomic mass is 9.76. The fraction of sp³-hybridized carbons (Fsp3) is 0.250. The Morgan fingerprint density at radius 3 is 2.39 bits per heavy atom. The molecule has 5 rings (SSSR count). The first kappa shape index (κ1) is 25.6. The SMILES string of the molecule is COc1cc(C2NC(Cc3ccc(O)cc3)(C(=O)O)C3C(=O)N(c4ccc(C)c(Cl)c4)C(=O)C23)ccc1O. The third kappa shape index (κ3) is 3.95. The Hall–Kier alpha value is -4.08. The summed E-state index contributed by atoms with van der Waals surface area (Å²) in [6.45, 7) is 1.79. The van der Waals surface area contributed by atoms with Gasteiger partial charge in [0.15, 0.2) is 11.5 Å². The fourth-order valence-electron chi connectivity index (χ4n) is 5.52. The van der Waals surface area contributed by atoms with Crippen molar-refractivity contribution in [1.82, 2.24) is 5.32 Å². The topological polar surface area (TPSA) is 136 Å². The van der Waals surface area contributed by atoms with E-state index in [0.717, 1.165) is 10.5 Å². The van der Waals surface area contributed by atoms with E-state index in [1.54, 1.807) is 37.3 Å². The Morgan fingerprint density at radius 2 is 1.76 bits per heavy atom. The zero-order chi connectivity index (χ0) is 27.4. The van der Waals surface area contributed by atoms with Crippen LogP contribution in [0.4, 0.5) is 5.69 Å². The molecule has 4 N–H and O–H groups in total. The molecule has 0 radical (unpaired) electrons. The molecule has 2 aliphatic heterocycles. The van der Waals surface area contributed by atoms with E-state index in [2.05, 4.69) is 5.32 Å². The van der Waals surface area contributed by atoms with Crippen LogP contribution in [0.15, 0.2) is 60.7 Å². The van der Waals surface area contributed by atoms with Gasteiger partial charge >= 0.3 is 5.97 Å². The van der Waals surface area contributed by atoms with Crippen LogP contribution in [0.1, 0.15) is 22.7 Å². The first-order valence-electron chi connectivity index (χ1n) is 11.9. The lowest BCUT2D eigenvalue weighted by Gasteiger charge is -2.31. The molecule has 0 aromatic heterocycles. The number of carboxylic acid groups (broad SMARTS) is 1. The van der Waals surface area contributed by atoms with Crippen molar-refractivity contribution in [3.8, 4) is 17.2 Å². The molecule has 196 valence electrons. The Balaban J connectivity index is 1.67. The normalized spacial score (nSPS) is 24.5. The van der Waals surface area contributed by atoms with E-state index in [-0.39, 0.29) is 29.4 Å². The Kier molecular flexibility index (Phi) is 6.28. The van der Waals surface area contributed by atoms with Crippen molar-refractivity contribution in [1.29, 1.82) is 0 Å². The summed E-state index contributed by atoms with van der Waals surface area (Å²) in [5.41, 5.74) is 0.201. The third-order valence-corrected chi connectivity index (χ3v) is 7.84. The maximum absolute atomic E-state index is 14.0. The average Bonchev–Trinajstić information content (AvgIpc) is 3.36. The highest BCUT2D eigenvalue weighted by Crippen LogP contribution is 2.51. The quantitative estimate of drug-likeness (QED) is 0.351. The van der Waals surface area contributed by atoms with Gasteiger partial charge in [0.1, 0.15) is 11.3 Å². The minimum atomic E-state index is -1.85. The molecule has 0 saturated carbocycles. The van der Waals surface area contributed by atoms with Crippen LogP contribution in [0, 0.1) is 18.8 Å². The highest BCUT2D eigenvalue weighted by Gasteiger charge is 2.68. The van der Waals surface area contributed by atoms with Crippen molar-refractivity contribution in [3.63, 3.8) is 0 Å². The number of carboxylic acids is 1. The standard InChI is InChI=1S/C28H25ClN2O7/c1-14-3-7-17(12-19(14)29)31-25(34)22-23(26(31)35)28(27(36)37,13-15-4-8-18(32)9-5-15)30-24(22)16-6-10-20(33)21(11-16)38-2/h3-12,22-24,30,32-33H,13H2,1-2H3,(H,36,37). The summed E-state index contributed by atoms with van der Waals surface area (Å²) < 4.78 is 5.23. The maximum Gasteiger partial charge on any atom is 0.325 e. The van der Waals surface area contributed by atoms with E-state index in [1.165, 1.54) is 37.4 Å². The summed E-state index contributed by atoms with van der Waals surface area (Å²) in [6, 6.07) is 14.4. The zero-order valence-corrected chi connectivity index (χ0v) is 21.3. The number of methoxy groups -OCH3 is 1. The van der Waals surface area contributed by atoms with Gasteiger partial charge in [-0.15, -0.1) is 0 Å². The molecule has 0 aliphatic carbocycles. The number of carbonyl (C=O) groups is 3. The Labute approximate surface area is 223 Å². The molecular formula is C28H25ClN2O7. The number of aromatic hydroxyl groups is 2. The summed E-state index contributed by atoms with van der Waals surface area (Å²) in [4.78, 5) is 41.9. The lowest BCUT2D eigenvalue weighted by Crippen LogP contribution is -2.57. The smallest absolute Gasteiger partial charge is 0.325 e. The summed E-state index contributed by atoms with van der Waals surface area (Å²) in [5.74, 6) is -4.79. The van der Waals surface area contributed by atoms with Gasteiger partial charge in [-0.1, -0.05) is 35.9 Å². The number of rotatable bonds is 6. The molecule has 2 saturated heterocycles. The van der Waals surface area contributed by atoms with E-state index in [4.69, 9.17) is 16.3 Å². The van der Waals surface area contributed by atoms with E-state index >= 15 is 0 Å². The van der Waals surface area contributed by atoms with Crippen molar-refractivity contribution in [3.05, 3.63) is 82.4 Å². The first-order valence-corrected chi connectivity index (χ1v) is 12.2. The molecule has 0 bridgehead atoms. The van der Waals surface area contributed by atoms with Gasteiger partial charge in [0.05, 0.1) is 24.6 Å². The molecule has 2 fully saturated rings. The van der Waals surface area contributed by atoms with E-state index in [1.807, 2.05) is 0 Å². The molecular weight excluding hydrogens is 512 g/mol. The minimum Gasteiger partial charge on any atom is -0.508 e. The molecule has 10 heteroatoms. The van der Waals surface area contributed by atoms with Gasteiger partial charge in [-0.3, -0.25) is 19.7 Å². The monoisotopic (exact) mass is 536 g/mol. The number of carbonyl (C=O) groups excluding carboxylic acids is 2. The molecule has 2 aliphatic rings. The molecule has 4 unspecified atom stereocenters. The van der Waals surface area contributed by atoms with Crippen LogP contribution in [-0.4, -0.2) is 45.8 Å². The van der Waals surface area contributed by atoms with Crippen molar-refractivity contribution < 1.29 is 34.4 Å². The number of halogens is 1. The van der Waals surface area contributed by atoms with E-state index < -0.39 is 41.2 Å². The number of ether oxygens (including phenoxy) is 1. The van der Waals surface area contributed by atoms with Crippen LogP contribution in [0.3, 0.4) is 0 Å². The van der Waals surface area contributed by atoms with Crippen LogP contribution in [0.2, 0.25) is 5.02 Å². The number of aliphatic carboxylic acids is 1. The summed E-state index contributed by atoms with van der Waals surface area (Å²) in [5, 5.41) is 33.9. The number of aryl methyl sites for hydroxylation is 1. The van der Waals surface area contributed by atoms with Gasteiger partial charge in [0, 0.05) is 17.5 Å². The molecule has 3 aromatic rings. The first-order chi connectivity index (χ1) is 18.1. The largest absolute Gasteiger partial charge is 0.508 e. The molecule has 2 amide bonds. The number of imide groups is 1. The Bertz CT molecular complexity index is 1460. The summed E-state index contributed by atoms with van der Waals surface area (Å²) in [6.07, 6.45) is -0.128. The van der Waals surface area contributed by atoms with Gasteiger partial charge in [-0.05, 0) is 60.0 Å². The number of fused-ring (bicyclic) bond motifs is 1. The minimum absolute atomic E-state index is 0.0130. The van der Waals surface area contributed by atoms with Crippen molar-refractivity contribution in [2.75, 3.05) is 12.0 Å². The van der Waals surface area contributed by atoms with Crippen LogP contribution >= 0.6 is 11.6 Å². The van der Waals surface area contributed by atoms with Crippen LogP contribution in [0.25, 0.3) is 0 Å². The number of nitrogens with one attached hydrogen (secondary N) is 1. The molecule has 4 atom stereocenters. The van der Waals surface area contributed by atoms with Crippen LogP contribution in [-0.2, 0) is 20.8 Å². The maximum atomic E-state index is 14.0. The molecule has 38 heavy (non-hydrogen) atoms. The number of phenolic OH excluding ortho intramolecular Hbond substituents is 2. The van der Waals surface area contributed by atoms with Crippen molar-refractivity contribution in [2.24, 2.45) is 11.8 Å². The second-order valence-corrected chi connectivity index (χ2v) is 10.0. The van der Waals surface area contributed by atoms with Gasteiger partial charge in [0.2, 0.25) is 11.8 Å². The van der Waals surface area contributed by atoms with Crippen molar-refractivity contribution in [2.45, 2.75) is 24.9 Å². The zero-order valence-electron chi connectivity index (χ0n) is 20.5. The number of nitrogens with zero attached hydrogens (tertiary/aromatic N) is 1. The predicted octanol–water partition coefficient (Wildman–Crippen LogP) is 3.58. The van der Waals surface area contributed by atoms with E-state index in [0.29, 0.717) is 16.1 Å². The molecule has 2 heterocycles. The number of benzene rings is 3. The predicted molar refractivity (Wildman–Crippen MR) is 138 cm³/mol. The average molecular weight is 537 g/mol. The lowest BCUT2D eigenvalue weighted by molar-refractivity contribution is -0.148. The number of hydrogen-bond donors (Lipinski definition) is 4. The highest BCUT2D eigenvalue weighted by atomic mass is 35.5. The van der Waals surface area contributed by atoms with Gasteiger partial charge in [-0.2, -0.15) is 0 Å². The second-order valence-electron chi connectivity index (χ2n) is 9.62. The number of amides is 2. The van der Waals surface area contributed by atoms with Crippen LogP contribution < -0.4 is 15.0 Å². The molecule has 9 nitrogen and oxygen atoms in total. The van der Waals surface area contributed by atoms with Gasteiger partial charge in [-0.25, -0.2) is 4.90 Å². The Morgan fingerprint density at radius 1 is 1.05 bits per heavy atom. The van der Waals surface area contributed by atoms with Gasteiger partial charge < -0.3 is 20.1 Å². The number of hydrogen-bond acceptors (Lipinski definition) is 7. The number of anilines is 1. The summed E-state index contributed by atoms with van der Waals surface area (Å²) >= 11 is 6.29. The molecule has 3 aromatic carbocycles. The van der Waals surface area contributed by atoms with Crippen molar-refractivity contribution >= 4 is 35.1 Å². The van der Waals surface area contributed by atoms with Gasteiger partial charge in [0.25, 0.3) is 0 Å². The highest BCUT2D eigenvalue weighted by molar-refractivity contribution is 6.32. The third-order valence-electron chi connectivity index (χ3n) is 7.43. The molecule has 0 spiro atoms.